The number of aliphatic hydroxyl groups excluding tert-OH is 3. The minimum atomic E-state index is -1.17. The molecule has 2 heterocycles. The predicted octanol–water partition coefficient (Wildman–Crippen LogP) is 0.0697. The van der Waals surface area contributed by atoms with Gasteiger partial charge >= 0.3 is 0 Å². The van der Waals surface area contributed by atoms with Crippen LogP contribution in [0.3, 0.4) is 0 Å². The number of fused-ring (bicyclic) bond motifs is 1. The van der Waals surface area contributed by atoms with Crippen LogP contribution in [-0.4, -0.2) is 75.4 Å². The Balaban J connectivity index is 1.71. The van der Waals surface area contributed by atoms with Gasteiger partial charge in [-0.2, -0.15) is 0 Å². The average Bonchev–Trinajstić information content (AvgIpc) is 2.96. The fraction of sp³-hybridized carbons (Fsp3) is 0.562. The van der Waals surface area contributed by atoms with Gasteiger partial charge in [-0.25, -0.2) is 0 Å². The molecule has 0 spiro atoms. The van der Waals surface area contributed by atoms with Crippen LogP contribution in [-0.2, 0) is 11.2 Å². The summed E-state index contributed by atoms with van der Waals surface area (Å²) in [5.41, 5.74) is 0.568. The maximum Gasteiger partial charge on any atom is 0.161 e. The van der Waals surface area contributed by atoms with Crippen molar-refractivity contribution in [2.75, 3.05) is 14.1 Å². The van der Waals surface area contributed by atoms with Gasteiger partial charge in [0.25, 0.3) is 0 Å². The van der Waals surface area contributed by atoms with Crippen LogP contribution in [0.5, 0.6) is 0 Å². The molecule has 0 saturated carbocycles. The summed E-state index contributed by atoms with van der Waals surface area (Å²) < 4.78 is 5.87. The van der Waals surface area contributed by atoms with Crippen LogP contribution >= 0.6 is 11.8 Å². The number of thioether (sulfide) groups is 1. The smallest absolute Gasteiger partial charge is 0.161 e. The van der Waals surface area contributed by atoms with Crippen LogP contribution in [0.25, 0.3) is 0 Å². The van der Waals surface area contributed by atoms with E-state index in [2.05, 4.69) is 4.99 Å². The van der Waals surface area contributed by atoms with Gasteiger partial charge < -0.3 is 25.0 Å². The van der Waals surface area contributed by atoms with Gasteiger partial charge in [0.05, 0.1) is 6.10 Å². The topological polar surface area (TPSA) is 85.5 Å². The van der Waals surface area contributed by atoms with Gasteiger partial charge in [0, 0.05) is 20.5 Å². The van der Waals surface area contributed by atoms with Crippen LogP contribution in [0.1, 0.15) is 5.56 Å². The van der Waals surface area contributed by atoms with E-state index in [1.165, 1.54) is 11.8 Å². The first-order chi connectivity index (χ1) is 11.0. The third kappa shape index (κ3) is 3.39. The molecule has 0 bridgehead atoms. The maximum atomic E-state index is 10.5. The molecule has 1 unspecified atom stereocenters. The Bertz CT molecular complexity index is 568. The first kappa shape index (κ1) is 16.7. The molecule has 126 valence electrons. The molecular formula is C16H22N2O4S. The number of aliphatic hydroxyl groups is 3. The fourth-order valence-corrected chi connectivity index (χ4v) is 4.03. The normalized spacial score (nSPS) is 34.7. The van der Waals surface area contributed by atoms with E-state index >= 15 is 0 Å². The summed E-state index contributed by atoms with van der Waals surface area (Å²) in [6, 6.07) is 9.02. The lowest BCUT2D eigenvalue weighted by molar-refractivity contribution is -0.184. The highest BCUT2D eigenvalue weighted by molar-refractivity contribution is 8.14. The highest BCUT2D eigenvalue weighted by Crippen LogP contribution is 2.38. The summed E-state index contributed by atoms with van der Waals surface area (Å²) in [6.07, 6.45) is -3.59. The largest absolute Gasteiger partial charge is 0.390 e. The van der Waals surface area contributed by atoms with E-state index in [-0.39, 0.29) is 5.44 Å². The van der Waals surface area contributed by atoms with E-state index in [9.17, 15) is 15.3 Å². The monoisotopic (exact) mass is 338 g/mol. The summed E-state index contributed by atoms with van der Waals surface area (Å²) in [5.74, 6) is 0. The Morgan fingerprint density at radius 3 is 2.57 bits per heavy atom. The average molecular weight is 338 g/mol. The van der Waals surface area contributed by atoms with Crippen molar-refractivity contribution < 1.29 is 20.1 Å². The highest BCUT2D eigenvalue weighted by atomic mass is 32.2. The lowest BCUT2D eigenvalue weighted by Crippen LogP contribution is -2.58. The van der Waals surface area contributed by atoms with Crippen molar-refractivity contribution in [3.8, 4) is 0 Å². The zero-order valence-corrected chi connectivity index (χ0v) is 13.9. The third-order valence-electron chi connectivity index (χ3n) is 4.14. The molecule has 3 N–H and O–H groups in total. The second kappa shape index (κ2) is 6.78. The molecule has 1 aromatic rings. The minimum absolute atomic E-state index is 0.360. The van der Waals surface area contributed by atoms with Gasteiger partial charge in [0.15, 0.2) is 5.17 Å². The third-order valence-corrected chi connectivity index (χ3v) is 5.44. The molecule has 1 saturated heterocycles. The number of aliphatic imine (C=N–C) groups is 1. The standard InChI is InChI=1S/C16H22N2O4S/c1-18(2)16-17-11-12(20)13(21)14(22-15(11)23-16)10(19)8-9-6-4-3-5-7-9/h3-7,10-15,19-21H,8H2,1-2H3/t10-,11+,12+,13-,14?,15+/m0/s1. The molecule has 0 aliphatic carbocycles. The molecule has 6 nitrogen and oxygen atoms in total. The van der Waals surface area contributed by atoms with E-state index in [0.29, 0.717) is 6.42 Å². The van der Waals surface area contributed by atoms with Gasteiger partial charge in [-0.1, -0.05) is 42.1 Å². The molecule has 0 aromatic heterocycles. The van der Waals surface area contributed by atoms with E-state index < -0.39 is 30.5 Å². The van der Waals surface area contributed by atoms with Crippen LogP contribution in [0.15, 0.2) is 35.3 Å². The summed E-state index contributed by atoms with van der Waals surface area (Å²) >= 11 is 1.41. The van der Waals surface area contributed by atoms with Gasteiger partial charge in [-0.15, -0.1) is 0 Å². The maximum absolute atomic E-state index is 10.5. The molecule has 2 aliphatic rings. The Kier molecular flexibility index (Phi) is 4.93. The van der Waals surface area contributed by atoms with E-state index in [1.54, 1.807) is 0 Å². The van der Waals surface area contributed by atoms with Crippen molar-refractivity contribution in [2.45, 2.75) is 42.3 Å². The second-order valence-electron chi connectivity index (χ2n) is 6.12. The summed E-state index contributed by atoms with van der Waals surface area (Å²) in [6.45, 7) is 0. The Hall–Kier alpha value is -1.12. The van der Waals surface area contributed by atoms with Crippen LogP contribution < -0.4 is 0 Å². The summed E-state index contributed by atoms with van der Waals surface area (Å²) in [7, 11) is 3.74. The molecule has 23 heavy (non-hydrogen) atoms. The number of hydrogen-bond acceptors (Lipinski definition) is 7. The number of amidine groups is 1. The van der Waals surface area contributed by atoms with Crippen molar-refractivity contribution in [3.63, 3.8) is 0 Å². The first-order valence-electron chi connectivity index (χ1n) is 7.62. The van der Waals surface area contributed by atoms with E-state index in [0.717, 1.165) is 10.7 Å². The summed E-state index contributed by atoms with van der Waals surface area (Å²) in [4.78, 5) is 6.26. The van der Waals surface area contributed by atoms with Gasteiger partial charge in [-0.05, 0) is 5.56 Å². The first-order valence-corrected chi connectivity index (χ1v) is 8.50. The minimum Gasteiger partial charge on any atom is -0.390 e. The number of ether oxygens (including phenoxy) is 1. The number of nitrogens with zero attached hydrogens (tertiary/aromatic N) is 2. The zero-order chi connectivity index (χ0) is 16.6. The molecule has 1 fully saturated rings. The molecule has 3 rings (SSSR count). The SMILES string of the molecule is CN(C)C1=N[C@@H]2[C@@H](O)[C@H](O)C([C@@H](O)Cc3ccccc3)O[C@@H]2S1. The van der Waals surface area contributed by atoms with Crippen LogP contribution in [0.2, 0.25) is 0 Å². The fourth-order valence-electron chi connectivity index (χ4n) is 2.88. The van der Waals surface area contributed by atoms with Crippen LogP contribution in [0.4, 0.5) is 0 Å². The highest BCUT2D eigenvalue weighted by Gasteiger charge is 2.50. The lowest BCUT2D eigenvalue weighted by atomic mass is 9.92. The number of benzene rings is 1. The summed E-state index contributed by atoms with van der Waals surface area (Å²) in [5, 5.41) is 31.9. The Morgan fingerprint density at radius 2 is 1.91 bits per heavy atom. The quantitative estimate of drug-likeness (QED) is 0.723. The molecule has 2 aliphatic heterocycles. The van der Waals surface area contributed by atoms with Crippen molar-refractivity contribution >= 4 is 16.9 Å². The zero-order valence-electron chi connectivity index (χ0n) is 13.1. The lowest BCUT2D eigenvalue weighted by Gasteiger charge is -2.40. The van der Waals surface area contributed by atoms with Crippen molar-refractivity contribution in [1.82, 2.24) is 4.90 Å². The van der Waals surface area contributed by atoms with E-state index in [1.807, 2.05) is 49.3 Å². The van der Waals surface area contributed by atoms with Gasteiger partial charge in [0.2, 0.25) is 0 Å². The second-order valence-corrected chi connectivity index (χ2v) is 7.19. The van der Waals surface area contributed by atoms with Gasteiger partial charge in [-0.3, -0.25) is 4.99 Å². The van der Waals surface area contributed by atoms with Crippen molar-refractivity contribution in [3.05, 3.63) is 35.9 Å². The number of hydrogen-bond donors (Lipinski definition) is 3. The van der Waals surface area contributed by atoms with Gasteiger partial charge in [0.1, 0.15) is 29.8 Å². The van der Waals surface area contributed by atoms with E-state index in [4.69, 9.17) is 4.74 Å². The predicted molar refractivity (Wildman–Crippen MR) is 89.3 cm³/mol. The molecule has 1 aromatic carbocycles. The Morgan fingerprint density at radius 1 is 1.22 bits per heavy atom. The van der Waals surface area contributed by atoms with Crippen molar-refractivity contribution in [1.29, 1.82) is 0 Å². The molecule has 0 amide bonds. The molecule has 6 atom stereocenters. The molecule has 0 radical (unpaired) electrons. The number of rotatable bonds is 3. The molecule has 7 heteroatoms. The Labute approximate surface area is 139 Å². The molecular weight excluding hydrogens is 316 g/mol. The van der Waals surface area contributed by atoms with Crippen molar-refractivity contribution in [2.24, 2.45) is 4.99 Å². The van der Waals surface area contributed by atoms with Crippen LogP contribution in [0, 0.1) is 0 Å².